The van der Waals surface area contributed by atoms with E-state index in [-0.39, 0.29) is 0 Å². The summed E-state index contributed by atoms with van der Waals surface area (Å²) in [6.07, 6.45) is 6.28. The Labute approximate surface area is 112 Å². The summed E-state index contributed by atoms with van der Waals surface area (Å²) in [7, 11) is 0. The Bertz CT molecular complexity index is 311. The highest BCUT2D eigenvalue weighted by Gasteiger charge is 2.16. The van der Waals surface area contributed by atoms with E-state index in [9.17, 15) is 0 Å². The summed E-state index contributed by atoms with van der Waals surface area (Å²) < 4.78 is 0. The van der Waals surface area contributed by atoms with Gasteiger partial charge in [-0.25, -0.2) is 0 Å². The van der Waals surface area contributed by atoms with E-state index in [0.717, 1.165) is 0 Å². The fourth-order valence-electron chi connectivity index (χ4n) is 2.64. The molecule has 1 unspecified atom stereocenters. The second kappa shape index (κ2) is 7.52. The van der Waals surface area contributed by atoms with Crippen molar-refractivity contribution in [3.63, 3.8) is 0 Å². The molecule has 0 amide bonds. The molecular weight excluding hydrogens is 220 g/mol. The van der Waals surface area contributed by atoms with Gasteiger partial charge in [-0.15, -0.1) is 0 Å². The molecule has 0 aliphatic heterocycles. The highest BCUT2D eigenvalue weighted by atomic mass is 15.2. The van der Waals surface area contributed by atoms with Gasteiger partial charge in [-0.3, -0.25) is 9.88 Å². The third-order valence-corrected chi connectivity index (χ3v) is 3.71. The Morgan fingerprint density at radius 1 is 1.17 bits per heavy atom. The molecule has 102 valence electrons. The Morgan fingerprint density at radius 2 is 1.83 bits per heavy atom. The summed E-state index contributed by atoms with van der Waals surface area (Å²) in [6, 6.07) is 5.49. The van der Waals surface area contributed by atoms with E-state index < -0.39 is 0 Å². The van der Waals surface area contributed by atoms with Gasteiger partial charge < -0.3 is 0 Å². The Morgan fingerprint density at radius 3 is 2.28 bits per heavy atom. The molecule has 1 atom stereocenters. The molecule has 1 aromatic heterocycles. The van der Waals surface area contributed by atoms with Crippen LogP contribution in [0.15, 0.2) is 24.5 Å². The molecule has 0 N–H and O–H groups in total. The van der Waals surface area contributed by atoms with Crippen molar-refractivity contribution < 1.29 is 0 Å². The van der Waals surface area contributed by atoms with Crippen LogP contribution in [-0.2, 0) is 0 Å². The number of pyridine rings is 1. The SMILES string of the molecule is CCC(CCN(C(C)C)C(C)C)c1cccnc1. The van der Waals surface area contributed by atoms with E-state index in [4.69, 9.17) is 0 Å². The molecule has 0 bridgehead atoms. The van der Waals surface area contributed by atoms with Crippen molar-refractivity contribution >= 4 is 0 Å². The third-order valence-electron chi connectivity index (χ3n) is 3.71. The largest absolute Gasteiger partial charge is 0.299 e. The van der Waals surface area contributed by atoms with Gasteiger partial charge >= 0.3 is 0 Å². The molecule has 0 spiro atoms. The first kappa shape index (κ1) is 15.2. The zero-order chi connectivity index (χ0) is 13.5. The Kier molecular flexibility index (Phi) is 6.34. The van der Waals surface area contributed by atoms with Crippen LogP contribution in [0.5, 0.6) is 0 Å². The summed E-state index contributed by atoms with van der Waals surface area (Å²) in [6.45, 7) is 12.6. The fraction of sp³-hybridized carbons (Fsp3) is 0.688. The number of rotatable bonds is 7. The summed E-state index contributed by atoms with van der Waals surface area (Å²) in [4.78, 5) is 6.81. The van der Waals surface area contributed by atoms with Crippen molar-refractivity contribution in [3.05, 3.63) is 30.1 Å². The zero-order valence-electron chi connectivity index (χ0n) is 12.6. The maximum atomic E-state index is 4.24. The van der Waals surface area contributed by atoms with Crippen molar-refractivity contribution in [1.82, 2.24) is 9.88 Å². The lowest BCUT2D eigenvalue weighted by atomic mass is 9.94. The number of nitrogens with zero attached hydrogens (tertiary/aromatic N) is 2. The lowest BCUT2D eigenvalue weighted by molar-refractivity contribution is 0.168. The number of hydrogen-bond acceptors (Lipinski definition) is 2. The van der Waals surface area contributed by atoms with Crippen LogP contribution in [0.1, 0.15) is 58.9 Å². The van der Waals surface area contributed by atoms with Crippen LogP contribution < -0.4 is 0 Å². The van der Waals surface area contributed by atoms with E-state index in [0.29, 0.717) is 18.0 Å². The quantitative estimate of drug-likeness (QED) is 0.722. The normalized spacial score (nSPS) is 13.6. The lowest BCUT2D eigenvalue weighted by Crippen LogP contribution is -2.38. The van der Waals surface area contributed by atoms with Crippen molar-refractivity contribution in [3.8, 4) is 0 Å². The lowest BCUT2D eigenvalue weighted by Gasteiger charge is -2.31. The van der Waals surface area contributed by atoms with Gasteiger partial charge in [-0.1, -0.05) is 13.0 Å². The predicted molar refractivity (Wildman–Crippen MR) is 78.9 cm³/mol. The van der Waals surface area contributed by atoms with Gasteiger partial charge in [0.1, 0.15) is 0 Å². The Hall–Kier alpha value is -0.890. The maximum Gasteiger partial charge on any atom is 0.0302 e. The predicted octanol–water partition coefficient (Wildman–Crippen LogP) is 4.08. The van der Waals surface area contributed by atoms with Gasteiger partial charge in [0.15, 0.2) is 0 Å². The molecule has 2 heteroatoms. The first-order valence-electron chi connectivity index (χ1n) is 7.21. The van der Waals surface area contributed by atoms with E-state index in [1.807, 2.05) is 18.5 Å². The summed E-state index contributed by atoms with van der Waals surface area (Å²) in [5, 5.41) is 0. The molecule has 0 aliphatic carbocycles. The first-order valence-corrected chi connectivity index (χ1v) is 7.21. The van der Waals surface area contributed by atoms with Crippen molar-refractivity contribution in [2.75, 3.05) is 6.54 Å². The number of aromatic nitrogens is 1. The van der Waals surface area contributed by atoms with Gasteiger partial charge in [0.2, 0.25) is 0 Å². The molecule has 0 aliphatic rings. The van der Waals surface area contributed by atoms with E-state index in [1.54, 1.807) is 0 Å². The van der Waals surface area contributed by atoms with Crippen LogP contribution in [0.4, 0.5) is 0 Å². The average molecular weight is 248 g/mol. The smallest absolute Gasteiger partial charge is 0.0302 e. The van der Waals surface area contributed by atoms with Gasteiger partial charge in [-0.05, 0) is 64.6 Å². The highest BCUT2D eigenvalue weighted by Crippen LogP contribution is 2.23. The third kappa shape index (κ3) is 4.41. The minimum Gasteiger partial charge on any atom is -0.299 e. The van der Waals surface area contributed by atoms with Crippen LogP contribution in [0.2, 0.25) is 0 Å². The molecule has 0 radical (unpaired) electrons. The molecular formula is C16H28N2. The average Bonchev–Trinajstić information content (AvgIpc) is 2.34. The van der Waals surface area contributed by atoms with Gasteiger partial charge in [0, 0.05) is 24.5 Å². The number of hydrogen-bond donors (Lipinski definition) is 0. The first-order chi connectivity index (χ1) is 8.56. The monoisotopic (exact) mass is 248 g/mol. The summed E-state index contributed by atoms with van der Waals surface area (Å²) in [5.74, 6) is 0.638. The summed E-state index contributed by atoms with van der Waals surface area (Å²) in [5.41, 5.74) is 1.38. The van der Waals surface area contributed by atoms with E-state index >= 15 is 0 Å². The van der Waals surface area contributed by atoms with Crippen LogP contribution >= 0.6 is 0 Å². The maximum absolute atomic E-state index is 4.24. The molecule has 0 saturated heterocycles. The van der Waals surface area contributed by atoms with Gasteiger partial charge in [0.25, 0.3) is 0 Å². The van der Waals surface area contributed by atoms with Crippen molar-refractivity contribution in [2.45, 2.75) is 65.5 Å². The summed E-state index contributed by atoms with van der Waals surface area (Å²) >= 11 is 0. The van der Waals surface area contributed by atoms with Crippen molar-refractivity contribution in [2.24, 2.45) is 0 Å². The van der Waals surface area contributed by atoms with Crippen LogP contribution in [0, 0.1) is 0 Å². The second-order valence-electron chi connectivity index (χ2n) is 5.61. The standard InChI is InChI=1S/C16H28N2/c1-6-15(16-8-7-10-17-12-16)9-11-18(13(2)3)14(4)5/h7-8,10,12-15H,6,9,11H2,1-5H3. The molecule has 0 saturated carbocycles. The second-order valence-corrected chi connectivity index (χ2v) is 5.61. The van der Waals surface area contributed by atoms with E-state index in [1.165, 1.54) is 24.9 Å². The topological polar surface area (TPSA) is 16.1 Å². The van der Waals surface area contributed by atoms with Crippen LogP contribution in [0.3, 0.4) is 0 Å². The Balaban J connectivity index is 2.59. The molecule has 1 rings (SSSR count). The van der Waals surface area contributed by atoms with E-state index in [2.05, 4.69) is 50.6 Å². The van der Waals surface area contributed by atoms with Crippen LogP contribution in [0.25, 0.3) is 0 Å². The van der Waals surface area contributed by atoms with Crippen molar-refractivity contribution in [1.29, 1.82) is 0 Å². The molecule has 1 heterocycles. The highest BCUT2D eigenvalue weighted by molar-refractivity contribution is 5.14. The molecule has 0 aromatic carbocycles. The fourth-order valence-corrected chi connectivity index (χ4v) is 2.64. The molecule has 0 fully saturated rings. The van der Waals surface area contributed by atoms with Gasteiger partial charge in [-0.2, -0.15) is 0 Å². The minimum absolute atomic E-state index is 0.622. The molecule has 2 nitrogen and oxygen atoms in total. The van der Waals surface area contributed by atoms with Crippen LogP contribution in [-0.4, -0.2) is 28.5 Å². The molecule has 18 heavy (non-hydrogen) atoms. The minimum atomic E-state index is 0.622. The zero-order valence-corrected chi connectivity index (χ0v) is 12.6. The molecule has 1 aromatic rings. The van der Waals surface area contributed by atoms with Gasteiger partial charge in [0.05, 0.1) is 0 Å².